The third-order valence-corrected chi connectivity index (χ3v) is 3.85. The summed E-state index contributed by atoms with van der Waals surface area (Å²) in [6.45, 7) is 1.78. The standard InChI is InChI=1S/C18H16ClN3O3/c1-11(20-17(23)13-4-3-5-15(10-13)24-2)18-21-16(22-25-18)12-6-8-14(19)9-7-12/h3-11H,1-2H3,(H,20,23). The van der Waals surface area contributed by atoms with Crippen LogP contribution in [-0.2, 0) is 0 Å². The van der Waals surface area contributed by atoms with Crippen molar-refractivity contribution in [2.75, 3.05) is 7.11 Å². The zero-order valence-electron chi connectivity index (χ0n) is 13.7. The van der Waals surface area contributed by atoms with Gasteiger partial charge in [0.15, 0.2) is 0 Å². The minimum absolute atomic E-state index is 0.252. The fourth-order valence-electron chi connectivity index (χ4n) is 2.23. The van der Waals surface area contributed by atoms with E-state index in [0.29, 0.717) is 28.1 Å². The van der Waals surface area contributed by atoms with Gasteiger partial charge >= 0.3 is 0 Å². The lowest BCUT2D eigenvalue weighted by Gasteiger charge is -2.10. The second-order valence-electron chi connectivity index (χ2n) is 5.39. The molecule has 0 aliphatic rings. The van der Waals surface area contributed by atoms with E-state index in [9.17, 15) is 4.79 Å². The van der Waals surface area contributed by atoms with E-state index in [0.717, 1.165) is 5.56 Å². The molecule has 6 nitrogen and oxygen atoms in total. The van der Waals surface area contributed by atoms with Gasteiger partial charge in [0.05, 0.1) is 7.11 Å². The van der Waals surface area contributed by atoms with Gasteiger partial charge in [-0.15, -0.1) is 0 Å². The quantitative estimate of drug-likeness (QED) is 0.749. The lowest BCUT2D eigenvalue weighted by Crippen LogP contribution is -2.26. The van der Waals surface area contributed by atoms with E-state index in [1.807, 2.05) is 0 Å². The van der Waals surface area contributed by atoms with Crippen LogP contribution in [0.15, 0.2) is 53.1 Å². The number of hydrogen-bond acceptors (Lipinski definition) is 5. The van der Waals surface area contributed by atoms with E-state index in [-0.39, 0.29) is 5.91 Å². The largest absolute Gasteiger partial charge is 0.497 e. The number of carbonyl (C=O) groups is 1. The number of nitrogens with one attached hydrogen (secondary N) is 1. The van der Waals surface area contributed by atoms with Crippen LogP contribution in [0.5, 0.6) is 5.75 Å². The van der Waals surface area contributed by atoms with Gasteiger partial charge in [-0.3, -0.25) is 4.79 Å². The molecule has 7 heteroatoms. The molecule has 128 valence electrons. The van der Waals surface area contributed by atoms with Crippen LogP contribution in [0, 0.1) is 0 Å². The average molecular weight is 358 g/mol. The van der Waals surface area contributed by atoms with Gasteiger partial charge in [-0.05, 0) is 49.4 Å². The van der Waals surface area contributed by atoms with Crippen molar-refractivity contribution >= 4 is 17.5 Å². The Hall–Kier alpha value is -2.86. The summed E-state index contributed by atoms with van der Waals surface area (Å²) in [6.07, 6.45) is 0. The number of amides is 1. The Kier molecular flexibility index (Phi) is 5.00. The molecule has 3 rings (SSSR count). The first-order valence-corrected chi connectivity index (χ1v) is 7.99. The van der Waals surface area contributed by atoms with Crippen LogP contribution in [0.3, 0.4) is 0 Å². The van der Waals surface area contributed by atoms with Gasteiger partial charge in [0.1, 0.15) is 11.8 Å². The molecule has 3 aromatic rings. The van der Waals surface area contributed by atoms with Crippen LogP contribution in [0.2, 0.25) is 5.02 Å². The molecule has 1 amide bonds. The molecule has 2 aromatic carbocycles. The first kappa shape index (κ1) is 17.0. The molecule has 1 atom stereocenters. The van der Waals surface area contributed by atoms with Crippen molar-refractivity contribution in [2.24, 2.45) is 0 Å². The Morgan fingerprint density at radius 3 is 2.72 bits per heavy atom. The van der Waals surface area contributed by atoms with Crippen LogP contribution in [-0.4, -0.2) is 23.2 Å². The molecule has 25 heavy (non-hydrogen) atoms. The van der Waals surface area contributed by atoms with Gasteiger partial charge < -0.3 is 14.6 Å². The van der Waals surface area contributed by atoms with Crippen molar-refractivity contribution in [3.05, 3.63) is 65.0 Å². The Morgan fingerprint density at radius 1 is 1.24 bits per heavy atom. The van der Waals surface area contributed by atoms with Crippen LogP contribution in [0.1, 0.15) is 29.2 Å². The van der Waals surface area contributed by atoms with Crippen LogP contribution < -0.4 is 10.1 Å². The van der Waals surface area contributed by atoms with Gasteiger partial charge in [0.25, 0.3) is 5.91 Å². The van der Waals surface area contributed by atoms with E-state index in [2.05, 4.69) is 15.5 Å². The smallest absolute Gasteiger partial charge is 0.252 e. The molecule has 1 unspecified atom stereocenters. The lowest BCUT2D eigenvalue weighted by molar-refractivity contribution is 0.0932. The summed E-state index contributed by atoms with van der Waals surface area (Å²) in [4.78, 5) is 16.7. The van der Waals surface area contributed by atoms with Crippen molar-refractivity contribution in [1.82, 2.24) is 15.5 Å². The normalized spacial score (nSPS) is 11.8. The number of carbonyl (C=O) groups excluding carboxylic acids is 1. The summed E-state index contributed by atoms with van der Waals surface area (Å²) in [5, 5.41) is 7.40. The third kappa shape index (κ3) is 3.97. The van der Waals surface area contributed by atoms with E-state index in [1.165, 1.54) is 0 Å². The molecule has 0 radical (unpaired) electrons. The minimum atomic E-state index is -0.438. The van der Waals surface area contributed by atoms with Gasteiger partial charge in [-0.2, -0.15) is 4.98 Å². The second-order valence-corrected chi connectivity index (χ2v) is 5.83. The molecule has 0 saturated carbocycles. The molecule has 0 saturated heterocycles. The lowest BCUT2D eigenvalue weighted by atomic mass is 10.2. The topological polar surface area (TPSA) is 77.2 Å². The summed E-state index contributed by atoms with van der Waals surface area (Å²) >= 11 is 5.87. The van der Waals surface area contributed by atoms with Crippen molar-refractivity contribution in [1.29, 1.82) is 0 Å². The van der Waals surface area contributed by atoms with Gasteiger partial charge in [0.2, 0.25) is 11.7 Å². The van der Waals surface area contributed by atoms with E-state index in [1.54, 1.807) is 62.6 Å². The van der Waals surface area contributed by atoms with Crippen LogP contribution >= 0.6 is 11.6 Å². The molecule has 1 heterocycles. The molecular weight excluding hydrogens is 342 g/mol. The number of ether oxygens (including phenoxy) is 1. The van der Waals surface area contributed by atoms with E-state index < -0.39 is 6.04 Å². The van der Waals surface area contributed by atoms with E-state index in [4.69, 9.17) is 20.9 Å². The average Bonchev–Trinajstić information content (AvgIpc) is 3.12. The summed E-state index contributed by atoms with van der Waals surface area (Å²) in [7, 11) is 1.55. The molecule has 0 aliphatic carbocycles. The minimum Gasteiger partial charge on any atom is -0.497 e. The Labute approximate surface area is 149 Å². The maximum absolute atomic E-state index is 12.3. The Morgan fingerprint density at radius 2 is 2.00 bits per heavy atom. The fraction of sp³-hybridized carbons (Fsp3) is 0.167. The highest BCUT2D eigenvalue weighted by atomic mass is 35.5. The number of halogens is 1. The van der Waals surface area contributed by atoms with Crippen LogP contribution in [0.4, 0.5) is 0 Å². The number of methoxy groups -OCH3 is 1. The monoisotopic (exact) mass is 357 g/mol. The highest BCUT2D eigenvalue weighted by Gasteiger charge is 2.18. The van der Waals surface area contributed by atoms with Crippen molar-refractivity contribution < 1.29 is 14.1 Å². The summed E-state index contributed by atoms with van der Waals surface area (Å²) < 4.78 is 10.4. The molecule has 0 bridgehead atoms. The van der Waals surface area contributed by atoms with Gasteiger partial charge in [0, 0.05) is 16.1 Å². The zero-order chi connectivity index (χ0) is 17.8. The zero-order valence-corrected chi connectivity index (χ0v) is 14.4. The molecule has 0 aliphatic heterocycles. The van der Waals surface area contributed by atoms with Crippen molar-refractivity contribution in [3.8, 4) is 17.1 Å². The number of rotatable bonds is 5. The predicted octanol–water partition coefficient (Wildman–Crippen LogP) is 3.89. The number of nitrogens with zero attached hydrogens (tertiary/aromatic N) is 2. The SMILES string of the molecule is COc1cccc(C(=O)NC(C)c2nc(-c3ccc(Cl)cc3)no2)c1. The third-order valence-electron chi connectivity index (χ3n) is 3.59. The molecule has 1 N–H and O–H groups in total. The van der Waals surface area contributed by atoms with Crippen LogP contribution in [0.25, 0.3) is 11.4 Å². The highest BCUT2D eigenvalue weighted by molar-refractivity contribution is 6.30. The number of aromatic nitrogens is 2. The van der Waals surface area contributed by atoms with Gasteiger partial charge in [-0.1, -0.05) is 22.8 Å². The Bertz CT molecular complexity index is 877. The van der Waals surface area contributed by atoms with Gasteiger partial charge in [-0.25, -0.2) is 0 Å². The van der Waals surface area contributed by atoms with Crippen molar-refractivity contribution in [2.45, 2.75) is 13.0 Å². The number of benzene rings is 2. The molecule has 0 spiro atoms. The second kappa shape index (κ2) is 7.36. The maximum atomic E-state index is 12.3. The highest BCUT2D eigenvalue weighted by Crippen LogP contribution is 2.21. The summed E-state index contributed by atoms with van der Waals surface area (Å²) in [6, 6.07) is 13.6. The predicted molar refractivity (Wildman–Crippen MR) is 93.6 cm³/mol. The van der Waals surface area contributed by atoms with Crippen molar-refractivity contribution in [3.63, 3.8) is 0 Å². The summed E-state index contributed by atoms with van der Waals surface area (Å²) in [5.41, 5.74) is 1.27. The molecule has 0 fully saturated rings. The van der Waals surface area contributed by atoms with E-state index >= 15 is 0 Å². The first-order chi connectivity index (χ1) is 12.1. The first-order valence-electron chi connectivity index (χ1n) is 7.61. The Balaban J connectivity index is 1.72. The summed E-state index contributed by atoms with van der Waals surface area (Å²) in [5.74, 6) is 1.12. The molecular formula is C18H16ClN3O3. The maximum Gasteiger partial charge on any atom is 0.252 e. The number of hydrogen-bond donors (Lipinski definition) is 1. The molecule has 1 aromatic heterocycles. The fourth-order valence-corrected chi connectivity index (χ4v) is 2.36.